The van der Waals surface area contributed by atoms with Crippen LogP contribution in [-0.2, 0) is 10.0 Å². The van der Waals surface area contributed by atoms with Crippen LogP contribution < -0.4 is 16.2 Å². The number of imidazole rings is 1. The number of anilines is 2. The number of hydrogen-bond donors (Lipinski definition) is 4. The van der Waals surface area contributed by atoms with Crippen molar-refractivity contribution in [3.63, 3.8) is 0 Å². The fourth-order valence-corrected chi connectivity index (χ4v) is 2.40. The SMILES string of the molecule is CCC(Nc1cc(S(N)(=O)=O)ccc1N)c1ncc[nH]1. The van der Waals surface area contributed by atoms with E-state index in [4.69, 9.17) is 10.9 Å². The Balaban J connectivity index is 2.33. The molecule has 1 aromatic heterocycles. The van der Waals surface area contributed by atoms with Gasteiger partial charge in [-0.15, -0.1) is 0 Å². The van der Waals surface area contributed by atoms with Crippen molar-refractivity contribution in [1.29, 1.82) is 0 Å². The zero-order chi connectivity index (χ0) is 14.8. The number of nitrogens with zero attached hydrogens (tertiary/aromatic N) is 1. The van der Waals surface area contributed by atoms with Crippen molar-refractivity contribution in [2.45, 2.75) is 24.3 Å². The Bertz CT molecular complexity index is 682. The molecule has 8 heteroatoms. The second-order valence-electron chi connectivity index (χ2n) is 4.37. The van der Waals surface area contributed by atoms with Gasteiger partial charge in [0.2, 0.25) is 10.0 Å². The van der Waals surface area contributed by atoms with Crippen LogP contribution in [0.1, 0.15) is 25.2 Å². The molecule has 0 saturated heterocycles. The lowest BCUT2D eigenvalue weighted by Crippen LogP contribution is -2.15. The average molecular weight is 295 g/mol. The summed E-state index contributed by atoms with van der Waals surface area (Å²) in [4.78, 5) is 7.22. The molecule has 1 atom stereocenters. The fraction of sp³-hybridized carbons (Fsp3) is 0.250. The second kappa shape index (κ2) is 5.51. The highest BCUT2D eigenvalue weighted by Gasteiger charge is 2.15. The summed E-state index contributed by atoms with van der Waals surface area (Å²) in [7, 11) is -3.76. The first-order valence-electron chi connectivity index (χ1n) is 6.10. The third-order valence-corrected chi connectivity index (χ3v) is 3.85. The third kappa shape index (κ3) is 3.09. The molecule has 0 aliphatic rings. The van der Waals surface area contributed by atoms with Crippen LogP contribution in [0.15, 0.2) is 35.5 Å². The van der Waals surface area contributed by atoms with Crippen LogP contribution in [0.2, 0.25) is 0 Å². The maximum atomic E-state index is 11.4. The minimum atomic E-state index is -3.76. The highest BCUT2D eigenvalue weighted by molar-refractivity contribution is 7.89. The van der Waals surface area contributed by atoms with Crippen molar-refractivity contribution in [2.24, 2.45) is 5.14 Å². The molecule has 2 aromatic rings. The van der Waals surface area contributed by atoms with E-state index in [0.29, 0.717) is 11.4 Å². The first-order chi connectivity index (χ1) is 9.41. The Labute approximate surface area is 117 Å². The fourth-order valence-electron chi connectivity index (χ4n) is 1.86. The first kappa shape index (κ1) is 14.4. The number of benzene rings is 1. The van der Waals surface area contributed by atoms with Gasteiger partial charge >= 0.3 is 0 Å². The smallest absolute Gasteiger partial charge is 0.238 e. The van der Waals surface area contributed by atoms with Gasteiger partial charge in [0.05, 0.1) is 22.3 Å². The number of nitrogens with two attached hydrogens (primary N) is 2. The van der Waals surface area contributed by atoms with Crippen molar-refractivity contribution in [3.8, 4) is 0 Å². The summed E-state index contributed by atoms with van der Waals surface area (Å²) in [5.41, 5.74) is 6.82. The normalized spacial score (nSPS) is 13.1. The summed E-state index contributed by atoms with van der Waals surface area (Å²) < 4.78 is 22.7. The van der Waals surface area contributed by atoms with E-state index in [1.54, 1.807) is 12.4 Å². The molecule has 108 valence electrons. The predicted octanol–water partition coefficient (Wildman–Crippen LogP) is 1.20. The lowest BCUT2D eigenvalue weighted by atomic mass is 10.2. The molecule has 0 spiro atoms. The monoisotopic (exact) mass is 295 g/mol. The average Bonchev–Trinajstić information content (AvgIpc) is 2.90. The van der Waals surface area contributed by atoms with E-state index in [-0.39, 0.29) is 10.9 Å². The van der Waals surface area contributed by atoms with Gasteiger partial charge in [0.25, 0.3) is 0 Å². The van der Waals surface area contributed by atoms with E-state index < -0.39 is 10.0 Å². The number of hydrogen-bond acceptors (Lipinski definition) is 5. The van der Waals surface area contributed by atoms with Crippen LogP contribution in [-0.4, -0.2) is 18.4 Å². The Kier molecular flexibility index (Phi) is 3.96. The van der Waals surface area contributed by atoms with Gasteiger partial charge in [-0.1, -0.05) is 6.92 Å². The van der Waals surface area contributed by atoms with E-state index in [0.717, 1.165) is 12.2 Å². The van der Waals surface area contributed by atoms with Gasteiger partial charge in [-0.25, -0.2) is 18.5 Å². The molecule has 2 rings (SSSR count). The molecule has 0 radical (unpaired) electrons. The van der Waals surface area contributed by atoms with E-state index in [1.807, 2.05) is 6.92 Å². The molecule has 0 aliphatic heterocycles. The van der Waals surface area contributed by atoms with Crippen molar-refractivity contribution in [1.82, 2.24) is 9.97 Å². The molecule has 6 N–H and O–H groups in total. The van der Waals surface area contributed by atoms with Crippen molar-refractivity contribution in [3.05, 3.63) is 36.4 Å². The molecule has 0 fully saturated rings. The molecule has 1 aromatic carbocycles. The molecule has 0 bridgehead atoms. The number of nitrogen functional groups attached to an aromatic ring is 1. The van der Waals surface area contributed by atoms with Crippen LogP contribution in [0.4, 0.5) is 11.4 Å². The minimum absolute atomic E-state index is 0.0171. The van der Waals surface area contributed by atoms with Crippen LogP contribution in [0, 0.1) is 0 Å². The van der Waals surface area contributed by atoms with Gasteiger partial charge in [-0.3, -0.25) is 0 Å². The van der Waals surface area contributed by atoms with Gasteiger partial charge in [-0.2, -0.15) is 0 Å². The van der Waals surface area contributed by atoms with E-state index in [9.17, 15) is 8.42 Å². The van der Waals surface area contributed by atoms with Gasteiger partial charge in [0, 0.05) is 12.4 Å². The molecule has 0 amide bonds. The van der Waals surface area contributed by atoms with Gasteiger partial charge in [0.15, 0.2) is 0 Å². The molecule has 20 heavy (non-hydrogen) atoms. The lowest BCUT2D eigenvalue weighted by Gasteiger charge is -2.18. The predicted molar refractivity (Wildman–Crippen MR) is 77.5 cm³/mol. The van der Waals surface area contributed by atoms with E-state index in [2.05, 4.69) is 15.3 Å². The number of aromatic amines is 1. The molecular weight excluding hydrogens is 278 g/mol. The Morgan fingerprint density at radius 2 is 2.20 bits per heavy atom. The Morgan fingerprint density at radius 1 is 1.45 bits per heavy atom. The highest BCUT2D eigenvalue weighted by atomic mass is 32.2. The zero-order valence-corrected chi connectivity index (χ0v) is 11.8. The topological polar surface area (TPSA) is 127 Å². The van der Waals surface area contributed by atoms with E-state index in [1.165, 1.54) is 18.2 Å². The van der Waals surface area contributed by atoms with Gasteiger partial charge < -0.3 is 16.0 Å². The largest absolute Gasteiger partial charge is 0.397 e. The molecule has 1 heterocycles. The summed E-state index contributed by atoms with van der Waals surface area (Å²) >= 11 is 0. The number of sulfonamides is 1. The van der Waals surface area contributed by atoms with Crippen molar-refractivity contribution >= 4 is 21.4 Å². The Hall–Kier alpha value is -2.06. The summed E-state index contributed by atoms with van der Waals surface area (Å²) in [6.45, 7) is 1.99. The van der Waals surface area contributed by atoms with Crippen molar-refractivity contribution < 1.29 is 8.42 Å². The zero-order valence-electron chi connectivity index (χ0n) is 11.0. The first-order valence-corrected chi connectivity index (χ1v) is 7.64. The minimum Gasteiger partial charge on any atom is -0.397 e. The van der Waals surface area contributed by atoms with E-state index >= 15 is 0 Å². The van der Waals surface area contributed by atoms with Crippen molar-refractivity contribution in [2.75, 3.05) is 11.1 Å². The molecule has 1 unspecified atom stereocenters. The van der Waals surface area contributed by atoms with Gasteiger partial charge in [0.1, 0.15) is 5.82 Å². The summed E-state index contributed by atoms with van der Waals surface area (Å²) in [5, 5.41) is 8.29. The number of H-pyrrole nitrogens is 1. The number of primary sulfonamides is 1. The quantitative estimate of drug-likeness (QED) is 0.616. The van der Waals surface area contributed by atoms with Crippen LogP contribution in [0.5, 0.6) is 0 Å². The van der Waals surface area contributed by atoms with Crippen LogP contribution in [0.25, 0.3) is 0 Å². The number of rotatable bonds is 5. The molecule has 0 aliphatic carbocycles. The van der Waals surface area contributed by atoms with Crippen LogP contribution >= 0.6 is 0 Å². The lowest BCUT2D eigenvalue weighted by molar-refractivity contribution is 0.598. The van der Waals surface area contributed by atoms with Crippen LogP contribution in [0.3, 0.4) is 0 Å². The number of aromatic nitrogens is 2. The maximum Gasteiger partial charge on any atom is 0.238 e. The van der Waals surface area contributed by atoms with Gasteiger partial charge in [-0.05, 0) is 24.6 Å². The summed E-state index contributed by atoms with van der Waals surface area (Å²) in [6.07, 6.45) is 4.14. The summed E-state index contributed by atoms with van der Waals surface area (Å²) in [5.74, 6) is 0.757. The molecular formula is C12H17N5O2S. The third-order valence-electron chi connectivity index (χ3n) is 2.94. The standard InChI is InChI=1S/C12H17N5O2S/c1-2-10(12-15-5-6-16-12)17-11-7-8(20(14,18)19)3-4-9(11)13/h3-7,10,17H,2,13H2,1H3,(H,15,16)(H2,14,18,19). The highest BCUT2D eigenvalue weighted by Crippen LogP contribution is 2.27. The molecule has 7 nitrogen and oxygen atoms in total. The second-order valence-corrected chi connectivity index (χ2v) is 5.94. The molecule has 0 saturated carbocycles. The maximum absolute atomic E-state index is 11.4. The number of nitrogens with one attached hydrogen (secondary N) is 2. The Morgan fingerprint density at radius 3 is 2.75 bits per heavy atom. The summed E-state index contributed by atoms with van der Waals surface area (Å²) in [6, 6.07) is 4.22.